The van der Waals surface area contributed by atoms with Gasteiger partial charge in [-0.2, -0.15) is 0 Å². The van der Waals surface area contributed by atoms with Crippen LogP contribution in [0.1, 0.15) is 0 Å². The third-order valence-corrected chi connectivity index (χ3v) is 4.11. The fraction of sp³-hybridized carbons (Fsp3) is 0.500. The van der Waals surface area contributed by atoms with Crippen LogP contribution >= 0.6 is 21.6 Å². The van der Waals surface area contributed by atoms with Crippen molar-refractivity contribution in [2.24, 2.45) is 0 Å². The Morgan fingerprint density at radius 1 is 0.944 bits per heavy atom. The van der Waals surface area contributed by atoms with Crippen molar-refractivity contribution in [1.82, 2.24) is 10.6 Å². The van der Waals surface area contributed by atoms with Crippen molar-refractivity contribution in [3.63, 3.8) is 0 Å². The summed E-state index contributed by atoms with van der Waals surface area (Å²) in [5, 5.41) is 21.6. The standard InChI is InChI=1S/C8H12N2O6S2/c11-3-9-5(7(13)14)1-17-18-2-6(8(15)16)10-4-12/h3-6H,1-2H2,(H,9,11)(H,10,12)(H,13,14)(H,15,16)/t5-,6-/m1/s1. The molecule has 0 fully saturated rings. The molecule has 0 spiro atoms. The summed E-state index contributed by atoms with van der Waals surface area (Å²) in [5.74, 6) is -2.16. The van der Waals surface area contributed by atoms with Gasteiger partial charge in [-0.1, -0.05) is 21.6 Å². The van der Waals surface area contributed by atoms with E-state index in [-0.39, 0.29) is 24.3 Å². The van der Waals surface area contributed by atoms with Gasteiger partial charge in [0, 0.05) is 11.5 Å². The Labute approximate surface area is 110 Å². The SMILES string of the molecule is O=CN[C@H](CSSC[C@@H](NC=O)C(=O)O)C(=O)O. The number of amides is 2. The number of nitrogens with one attached hydrogen (secondary N) is 2. The molecule has 18 heavy (non-hydrogen) atoms. The summed E-state index contributed by atoms with van der Waals surface area (Å²) >= 11 is 0. The van der Waals surface area contributed by atoms with E-state index in [0.29, 0.717) is 0 Å². The van der Waals surface area contributed by atoms with Gasteiger partial charge >= 0.3 is 11.9 Å². The summed E-state index contributed by atoms with van der Waals surface area (Å²) < 4.78 is 0. The predicted octanol–water partition coefficient (Wildman–Crippen LogP) is -1.23. The summed E-state index contributed by atoms with van der Waals surface area (Å²) in [6.07, 6.45) is 0.579. The molecule has 0 radical (unpaired) electrons. The Hall–Kier alpha value is -1.42. The summed E-state index contributed by atoms with van der Waals surface area (Å²) in [6.45, 7) is 0. The van der Waals surface area contributed by atoms with Crippen LogP contribution in [0, 0.1) is 0 Å². The molecule has 0 saturated carbocycles. The fourth-order valence-corrected chi connectivity index (χ4v) is 3.11. The summed E-state index contributed by atoms with van der Waals surface area (Å²) in [6, 6.07) is -2.05. The lowest BCUT2D eigenvalue weighted by Crippen LogP contribution is -2.38. The second-order valence-electron chi connectivity index (χ2n) is 2.92. The minimum Gasteiger partial charge on any atom is -0.480 e. The van der Waals surface area contributed by atoms with Crippen LogP contribution in [0.25, 0.3) is 0 Å². The molecule has 0 saturated heterocycles. The molecule has 2 amide bonds. The van der Waals surface area contributed by atoms with E-state index in [4.69, 9.17) is 10.2 Å². The maximum Gasteiger partial charge on any atom is 0.327 e. The minimum atomic E-state index is -1.17. The monoisotopic (exact) mass is 296 g/mol. The molecule has 0 aromatic rings. The Kier molecular flexibility index (Phi) is 8.84. The second kappa shape index (κ2) is 9.59. The molecule has 0 aliphatic carbocycles. The number of carbonyl (C=O) groups is 4. The van der Waals surface area contributed by atoms with Crippen molar-refractivity contribution in [1.29, 1.82) is 0 Å². The summed E-state index contributed by atoms with van der Waals surface area (Å²) in [4.78, 5) is 41.5. The molecule has 0 heterocycles. The highest BCUT2D eigenvalue weighted by atomic mass is 33.1. The zero-order valence-electron chi connectivity index (χ0n) is 9.07. The largest absolute Gasteiger partial charge is 0.480 e. The van der Waals surface area contributed by atoms with E-state index in [1.807, 2.05) is 0 Å². The van der Waals surface area contributed by atoms with E-state index >= 15 is 0 Å². The van der Waals surface area contributed by atoms with Gasteiger partial charge in [0.1, 0.15) is 12.1 Å². The van der Waals surface area contributed by atoms with E-state index in [2.05, 4.69) is 10.6 Å². The number of hydrogen-bond acceptors (Lipinski definition) is 6. The number of rotatable bonds is 11. The van der Waals surface area contributed by atoms with Crippen molar-refractivity contribution < 1.29 is 29.4 Å². The van der Waals surface area contributed by atoms with Crippen molar-refractivity contribution in [2.75, 3.05) is 11.5 Å². The van der Waals surface area contributed by atoms with Gasteiger partial charge in [0.15, 0.2) is 0 Å². The lowest BCUT2D eigenvalue weighted by Gasteiger charge is -2.12. The predicted molar refractivity (Wildman–Crippen MR) is 66.2 cm³/mol. The molecule has 0 aliphatic heterocycles. The van der Waals surface area contributed by atoms with Crippen molar-refractivity contribution in [3.05, 3.63) is 0 Å². The smallest absolute Gasteiger partial charge is 0.327 e. The molecule has 0 bridgehead atoms. The van der Waals surface area contributed by atoms with Gasteiger partial charge in [0.25, 0.3) is 0 Å². The van der Waals surface area contributed by atoms with Crippen LogP contribution in [0.2, 0.25) is 0 Å². The third kappa shape index (κ3) is 7.01. The molecule has 4 N–H and O–H groups in total. The Morgan fingerprint density at radius 3 is 1.50 bits per heavy atom. The van der Waals surface area contributed by atoms with Crippen LogP contribution in [0.5, 0.6) is 0 Å². The molecular formula is C8H12N2O6S2. The maximum atomic E-state index is 10.6. The topological polar surface area (TPSA) is 133 Å². The zero-order chi connectivity index (χ0) is 14.0. The maximum absolute atomic E-state index is 10.6. The molecule has 10 heteroatoms. The van der Waals surface area contributed by atoms with Gasteiger partial charge in [-0.25, -0.2) is 9.59 Å². The third-order valence-electron chi connectivity index (χ3n) is 1.69. The first-order valence-corrected chi connectivity index (χ1v) is 7.11. The molecule has 2 atom stereocenters. The van der Waals surface area contributed by atoms with Crippen LogP contribution in [-0.2, 0) is 19.2 Å². The average molecular weight is 296 g/mol. The van der Waals surface area contributed by atoms with Gasteiger partial charge in [0.2, 0.25) is 12.8 Å². The average Bonchev–Trinajstić information content (AvgIpc) is 2.30. The number of carboxylic acid groups (broad SMARTS) is 2. The van der Waals surface area contributed by atoms with E-state index in [0.717, 1.165) is 21.6 Å². The van der Waals surface area contributed by atoms with E-state index in [9.17, 15) is 19.2 Å². The first-order chi connectivity index (χ1) is 8.52. The van der Waals surface area contributed by atoms with Crippen molar-refractivity contribution in [3.8, 4) is 0 Å². The second-order valence-corrected chi connectivity index (χ2v) is 5.47. The Bertz CT molecular complexity index is 284. The molecule has 102 valence electrons. The number of carboxylic acids is 2. The molecule has 0 aromatic carbocycles. The Morgan fingerprint density at radius 2 is 1.28 bits per heavy atom. The quantitative estimate of drug-likeness (QED) is 0.211. The van der Waals surface area contributed by atoms with Gasteiger partial charge in [0.05, 0.1) is 0 Å². The molecule has 0 rings (SSSR count). The zero-order valence-corrected chi connectivity index (χ0v) is 10.7. The molecule has 0 aromatic heterocycles. The molecule has 8 nitrogen and oxygen atoms in total. The first kappa shape index (κ1) is 16.6. The van der Waals surface area contributed by atoms with Crippen molar-refractivity contribution in [2.45, 2.75) is 12.1 Å². The normalized spacial score (nSPS) is 13.1. The van der Waals surface area contributed by atoms with Gasteiger partial charge < -0.3 is 20.8 Å². The number of carbonyl (C=O) groups excluding carboxylic acids is 2. The van der Waals surface area contributed by atoms with Crippen LogP contribution in [0.3, 0.4) is 0 Å². The molecule has 0 aliphatic rings. The summed E-state index contributed by atoms with van der Waals surface area (Å²) in [7, 11) is 2.19. The van der Waals surface area contributed by atoms with Crippen LogP contribution < -0.4 is 10.6 Å². The lowest BCUT2D eigenvalue weighted by atomic mass is 10.3. The number of hydrogen-bond donors (Lipinski definition) is 4. The molecule has 0 unspecified atom stereocenters. The highest BCUT2D eigenvalue weighted by Gasteiger charge is 2.19. The Balaban J connectivity index is 3.94. The first-order valence-electron chi connectivity index (χ1n) is 4.62. The summed E-state index contributed by atoms with van der Waals surface area (Å²) in [5.41, 5.74) is 0. The van der Waals surface area contributed by atoms with Crippen LogP contribution in [0.4, 0.5) is 0 Å². The fourth-order valence-electron chi connectivity index (χ4n) is 0.778. The highest BCUT2D eigenvalue weighted by molar-refractivity contribution is 8.76. The van der Waals surface area contributed by atoms with E-state index in [1.165, 1.54) is 0 Å². The van der Waals surface area contributed by atoms with Gasteiger partial charge in [-0.3, -0.25) is 9.59 Å². The highest BCUT2D eigenvalue weighted by Crippen LogP contribution is 2.22. The van der Waals surface area contributed by atoms with E-state index in [1.54, 1.807) is 0 Å². The van der Waals surface area contributed by atoms with Crippen LogP contribution in [-0.4, -0.2) is 58.6 Å². The van der Waals surface area contributed by atoms with Gasteiger partial charge in [-0.05, 0) is 0 Å². The van der Waals surface area contributed by atoms with Gasteiger partial charge in [-0.15, -0.1) is 0 Å². The number of aliphatic carboxylic acids is 2. The molecular weight excluding hydrogens is 284 g/mol. The van der Waals surface area contributed by atoms with E-state index < -0.39 is 24.0 Å². The van der Waals surface area contributed by atoms with Crippen molar-refractivity contribution >= 4 is 46.3 Å². The lowest BCUT2D eigenvalue weighted by molar-refractivity contribution is -0.140. The minimum absolute atomic E-state index is 0.0895. The van der Waals surface area contributed by atoms with Crippen LogP contribution in [0.15, 0.2) is 0 Å².